The van der Waals surface area contributed by atoms with Gasteiger partial charge in [0, 0.05) is 6.42 Å². The number of anilines is 1. The number of hydrogen-bond acceptors (Lipinski definition) is 4. The van der Waals surface area contributed by atoms with E-state index in [9.17, 15) is 9.59 Å². The van der Waals surface area contributed by atoms with E-state index in [0.29, 0.717) is 17.1 Å². The average molecular weight is 396 g/mol. The van der Waals surface area contributed by atoms with E-state index in [1.165, 1.54) is 6.92 Å². The number of nitrogens with one attached hydrogen (secondary N) is 1. The highest BCUT2D eigenvalue weighted by Gasteiger charge is 2.19. The van der Waals surface area contributed by atoms with Crippen LogP contribution < -0.4 is 10.1 Å². The molecule has 0 radical (unpaired) electrons. The molecule has 0 aliphatic heterocycles. The Balaban J connectivity index is 1.83. The van der Waals surface area contributed by atoms with Gasteiger partial charge in [-0.15, -0.1) is 0 Å². The highest BCUT2D eigenvalue weighted by atomic mass is 35.5. The average Bonchev–Trinajstić information content (AvgIpc) is 2.64. The van der Waals surface area contributed by atoms with Crippen LogP contribution in [0.15, 0.2) is 42.5 Å². The predicted octanol–water partition coefficient (Wildman–Crippen LogP) is 4.51. The molecular weight excluding hydrogens is 377 g/mol. The first-order valence-corrected chi connectivity index (χ1v) is 8.73. The lowest BCUT2D eigenvalue weighted by atomic mass is 10.1. The Morgan fingerprint density at radius 2 is 1.81 bits per heavy atom. The number of aryl methyl sites for hydroxylation is 1. The Morgan fingerprint density at radius 3 is 2.46 bits per heavy atom. The van der Waals surface area contributed by atoms with Gasteiger partial charge in [0.05, 0.1) is 22.8 Å². The van der Waals surface area contributed by atoms with Crippen molar-refractivity contribution in [2.45, 2.75) is 25.9 Å². The molecule has 2 aromatic carbocycles. The molecule has 0 aliphatic carbocycles. The van der Waals surface area contributed by atoms with E-state index >= 15 is 0 Å². The maximum Gasteiger partial charge on any atom is 0.306 e. The van der Waals surface area contributed by atoms with E-state index in [1.807, 2.05) is 24.3 Å². The lowest BCUT2D eigenvalue weighted by Crippen LogP contribution is -2.30. The fourth-order valence-corrected chi connectivity index (χ4v) is 2.53. The zero-order chi connectivity index (χ0) is 19.1. The lowest BCUT2D eigenvalue weighted by molar-refractivity contribution is -0.153. The van der Waals surface area contributed by atoms with Gasteiger partial charge in [0.1, 0.15) is 5.75 Å². The van der Waals surface area contributed by atoms with Gasteiger partial charge in [-0.2, -0.15) is 0 Å². The number of esters is 1. The summed E-state index contributed by atoms with van der Waals surface area (Å²) in [6.45, 7) is 1.50. The number of rotatable bonds is 7. The molecular formula is C19H19Cl2NO4. The van der Waals surface area contributed by atoms with E-state index < -0.39 is 18.0 Å². The Kier molecular flexibility index (Phi) is 7.30. The Hall–Kier alpha value is -2.24. The van der Waals surface area contributed by atoms with Gasteiger partial charge in [-0.05, 0) is 43.2 Å². The molecule has 0 saturated carbocycles. The first-order valence-electron chi connectivity index (χ1n) is 7.98. The molecule has 1 amide bonds. The summed E-state index contributed by atoms with van der Waals surface area (Å²) in [4.78, 5) is 24.1. The molecule has 0 fully saturated rings. The van der Waals surface area contributed by atoms with E-state index in [-0.39, 0.29) is 11.4 Å². The van der Waals surface area contributed by atoms with E-state index in [1.54, 1.807) is 25.3 Å². The molecule has 2 rings (SSSR count). The third-order valence-electron chi connectivity index (χ3n) is 3.66. The minimum absolute atomic E-state index is 0.169. The first-order chi connectivity index (χ1) is 12.4. The zero-order valence-corrected chi connectivity index (χ0v) is 15.9. The van der Waals surface area contributed by atoms with Crippen LogP contribution in [-0.4, -0.2) is 25.1 Å². The van der Waals surface area contributed by atoms with Crippen molar-refractivity contribution in [3.63, 3.8) is 0 Å². The van der Waals surface area contributed by atoms with Crippen LogP contribution in [0.5, 0.6) is 5.75 Å². The first kappa shape index (κ1) is 20.1. The Labute approximate surface area is 162 Å². The van der Waals surface area contributed by atoms with Crippen LogP contribution in [0.25, 0.3) is 0 Å². The summed E-state index contributed by atoms with van der Waals surface area (Å²) in [7, 11) is 1.59. The molecule has 0 heterocycles. The van der Waals surface area contributed by atoms with Crippen LogP contribution in [-0.2, 0) is 20.7 Å². The molecule has 0 aromatic heterocycles. The molecule has 26 heavy (non-hydrogen) atoms. The third kappa shape index (κ3) is 5.64. The van der Waals surface area contributed by atoms with Crippen molar-refractivity contribution in [2.24, 2.45) is 0 Å². The van der Waals surface area contributed by atoms with Gasteiger partial charge in [0.25, 0.3) is 5.91 Å². The van der Waals surface area contributed by atoms with Gasteiger partial charge in [-0.25, -0.2) is 0 Å². The number of halogens is 2. The van der Waals surface area contributed by atoms with Crippen molar-refractivity contribution < 1.29 is 19.1 Å². The smallest absolute Gasteiger partial charge is 0.306 e. The number of hydrogen-bond donors (Lipinski definition) is 1. The van der Waals surface area contributed by atoms with E-state index in [2.05, 4.69) is 5.32 Å². The molecule has 1 unspecified atom stereocenters. The highest BCUT2D eigenvalue weighted by Crippen LogP contribution is 2.29. The largest absolute Gasteiger partial charge is 0.497 e. The number of methoxy groups -OCH3 is 1. The molecule has 1 atom stereocenters. The highest BCUT2D eigenvalue weighted by molar-refractivity contribution is 6.44. The van der Waals surface area contributed by atoms with Crippen LogP contribution in [0.4, 0.5) is 5.69 Å². The summed E-state index contributed by atoms with van der Waals surface area (Å²) in [5.74, 6) is -0.186. The quantitative estimate of drug-likeness (QED) is 0.700. The molecule has 0 bridgehead atoms. The number of ether oxygens (including phenoxy) is 2. The second kappa shape index (κ2) is 9.46. The molecule has 0 aliphatic rings. The van der Waals surface area contributed by atoms with Gasteiger partial charge in [-0.3, -0.25) is 9.59 Å². The minimum Gasteiger partial charge on any atom is -0.497 e. The second-order valence-corrected chi connectivity index (χ2v) is 6.36. The van der Waals surface area contributed by atoms with Crippen molar-refractivity contribution in [1.82, 2.24) is 0 Å². The van der Waals surface area contributed by atoms with Crippen LogP contribution in [0.1, 0.15) is 18.9 Å². The summed E-state index contributed by atoms with van der Waals surface area (Å²) in [5.41, 5.74) is 1.34. The van der Waals surface area contributed by atoms with Gasteiger partial charge >= 0.3 is 5.97 Å². The molecule has 138 valence electrons. The lowest BCUT2D eigenvalue weighted by Gasteiger charge is -2.14. The molecule has 5 nitrogen and oxygen atoms in total. The monoisotopic (exact) mass is 395 g/mol. The Bertz CT molecular complexity index is 778. The zero-order valence-electron chi connectivity index (χ0n) is 14.4. The molecule has 0 saturated heterocycles. The minimum atomic E-state index is -0.951. The van der Waals surface area contributed by atoms with Gasteiger partial charge in [-0.1, -0.05) is 41.4 Å². The van der Waals surface area contributed by atoms with E-state index in [0.717, 1.165) is 11.3 Å². The van der Waals surface area contributed by atoms with Gasteiger partial charge in [0.15, 0.2) is 6.10 Å². The number of carbonyl (C=O) groups excluding carboxylic acids is 2. The normalized spacial score (nSPS) is 11.5. The van der Waals surface area contributed by atoms with Gasteiger partial charge in [0.2, 0.25) is 0 Å². The molecule has 7 heteroatoms. The fourth-order valence-electron chi connectivity index (χ4n) is 2.18. The maximum absolute atomic E-state index is 12.2. The molecule has 1 N–H and O–H groups in total. The number of benzene rings is 2. The topological polar surface area (TPSA) is 64.6 Å². The van der Waals surface area contributed by atoms with E-state index in [4.69, 9.17) is 32.7 Å². The van der Waals surface area contributed by atoms with Crippen LogP contribution >= 0.6 is 23.2 Å². The SMILES string of the molecule is COc1ccc(CCC(=O)OC(C)C(=O)Nc2cccc(Cl)c2Cl)cc1. The summed E-state index contributed by atoms with van der Waals surface area (Å²) in [5, 5.41) is 3.16. The van der Waals surface area contributed by atoms with Crippen molar-refractivity contribution in [1.29, 1.82) is 0 Å². The van der Waals surface area contributed by atoms with Crippen molar-refractivity contribution in [2.75, 3.05) is 12.4 Å². The molecule has 0 spiro atoms. The van der Waals surface area contributed by atoms with Crippen molar-refractivity contribution in [3.8, 4) is 5.75 Å². The van der Waals surface area contributed by atoms with Crippen molar-refractivity contribution in [3.05, 3.63) is 58.1 Å². The van der Waals surface area contributed by atoms with Crippen LogP contribution in [0, 0.1) is 0 Å². The Morgan fingerprint density at radius 1 is 1.12 bits per heavy atom. The summed E-state index contributed by atoms with van der Waals surface area (Å²) in [6, 6.07) is 12.3. The van der Waals surface area contributed by atoms with Gasteiger partial charge < -0.3 is 14.8 Å². The number of carbonyl (C=O) groups is 2. The standard InChI is InChI=1S/C19H19Cl2NO4/c1-12(19(24)22-16-5-3-4-15(20)18(16)21)26-17(23)11-8-13-6-9-14(25-2)10-7-13/h3-7,9-10,12H,8,11H2,1-2H3,(H,22,24). The van der Waals surface area contributed by atoms with Crippen LogP contribution in [0.2, 0.25) is 10.0 Å². The maximum atomic E-state index is 12.2. The predicted molar refractivity (Wildman–Crippen MR) is 102 cm³/mol. The third-order valence-corrected chi connectivity index (χ3v) is 4.48. The summed E-state index contributed by atoms with van der Waals surface area (Å²) < 4.78 is 10.3. The number of amides is 1. The molecule has 2 aromatic rings. The fraction of sp³-hybridized carbons (Fsp3) is 0.263. The second-order valence-electron chi connectivity index (χ2n) is 5.57. The van der Waals surface area contributed by atoms with Crippen molar-refractivity contribution >= 4 is 40.8 Å². The van der Waals surface area contributed by atoms with Crippen LogP contribution in [0.3, 0.4) is 0 Å². The summed E-state index contributed by atoms with van der Waals surface area (Å²) >= 11 is 11.9. The summed E-state index contributed by atoms with van der Waals surface area (Å²) in [6.07, 6.45) is -0.271.